The SMILES string of the molecule is N#CCc1ccc(NC(=O)C2CCN(C(=O)C3CC3)CC2)cc1. The molecule has 0 atom stereocenters. The number of nitrogens with zero attached hydrogens (tertiary/aromatic N) is 2. The Bertz CT molecular complexity index is 621. The van der Waals surface area contributed by atoms with Gasteiger partial charge in [-0.25, -0.2) is 0 Å². The molecule has 1 saturated carbocycles. The molecule has 1 aromatic carbocycles. The molecule has 1 N–H and O–H groups in total. The van der Waals surface area contributed by atoms with Gasteiger partial charge in [0.2, 0.25) is 11.8 Å². The van der Waals surface area contributed by atoms with E-state index in [1.54, 1.807) is 0 Å². The fourth-order valence-corrected chi connectivity index (χ4v) is 2.99. The van der Waals surface area contributed by atoms with Crippen LogP contribution in [0.2, 0.25) is 0 Å². The molecule has 120 valence electrons. The van der Waals surface area contributed by atoms with Gasteiger partial charge in [0.05, 0.1) is 12.5 Å². The number of carbonyl (C=O) groups is 2. The van der Waals surface area contributed by atoms with Crippen LogP contribution in [-0.2, 0) is 16.0 Å². The number of hydrogen-bond acceptors (Lipinski definition) is 3. The van der Waals surface area contributed by atoms with E-state index in [4.69, 9.17) is 5.26 Å². The lowest BCUT2D eigenvalue weighted by Crippen LogP contribution is -2.42. The lowest BCUT2D eigenvalue weighted by Gasteiger charge is -2.31. The second-order valence-corrected chi connectivity index (χ2v) is 6.39. The summed E-state index contributed by atoms with van der Waals surface area (Å²) in [6.07, 6.45) is 3.90. The van der Waals surface area contributed by atoms with Gasteiger partial charge in [0.1, 0.15) is 0 Å². The number of likely N-dealkylation sites (tertiary alicyclic amines) is 1. The van der Waals surface area contributed by atoms with E-state index < -0.39 is 0 Å². The lowest BCUT2D eigenvalue weighted by molar-refractivity contribution is -0.135. The van der Waals surface area contributed by atoms with Crippen LogP contribution >= 0.6 is 0 Å². The van der Waals surface area contributed by atoms with Gasteiger partial charge < -0.3 is 10.2 Å². The van der Waals surface area contributed by atoms with E-state index >= 15 is 0 Å². The molecule has 1 saturated heterocycles. The molecule has 0 radical (unpaired) electrons. The van der Waals surface area contributed by atoms with Gasteiger partial charge in [-0.15, -0.1) is 0 Å². The number of anilines is 1. The van der Waals surface area contributed by atoms with E-state index in [2.05, 4.69) is 11.4 Å². The number of hydrogen-bond donors (Lipinski definition) is 1. The summed E-state index contributed by atoms with van der Waals surface area (Å²) in [6.45, 7) is 1.38. The first-order valence-corrected chi connectivity index (χ1v) is 8.23. The molecule has 1 heterocycles. The Morgan fingerprint density at radius 1 is 1.09 bits per heavy atom. The summed E-state index contributed by atoms with van der Waals surface area (Å²) < 4.78 is 0. The first kappa shape index (κ1) is 15.5. The maximum absolute atomic E-state index is 12.3. The number of nitrogens with one attached hydrogen (secondary N) is 1. The molecule has 2 amide bonds. The second-order valence-electron chi connectivity index (χ2n) is 6.39. The van der Waals surface area contributed by atoms with Gasteiger partial charge in [0, 0.05) is 30.6 Å². The highest BCUT2D eigenvalue weighted by molar-refractivity contribution is 5.92. The molecule has 1 aromatic rings. The Hall–Kier alpha value is -2.35. The van der Waals surface area contributed by atoms with Crippen LogP contribution < -0.4 is 5.32 Å². The van der Waals surface area contributed by atoms with Crippen LogP contribution in [0, 0.1) is 23.2 Å². The Labute approximate surface area is 136 Å². The van der Waals surface area contributed by atoms with Crippen molar-refractivity contribution in [2.24, 2.45) is 11.8 Å². The van der Waals surface area contributed by atoms with Crippen molar-refractivity contribution in [1.29, 1.82) is 5.26 Å². The first-order chi connectivity index (χ1) is 11.2. The predicted molar refractivity (Wildman–Crippen MR) is 86.4 cm³/mol. The summed E-state index contributed by atoms with van der Waals surface area (Å²) in [5.41, 5.74) is 1.70. The molecule has 0 unspecified atom stereocenters. The van der Waals surface area contributed by atoms with Crippen LogP contribution in [0.15, 0.2) is 24.3 Å². The zero-order valence-corrected chi connectivity index (χ0v) is 13.1. The third-order valence-electron chi connectivity index (χ3n) is 4.61. The van der Waals surface area contributed by atoms with Gasteiger partial charge in [0.15, 0.2) is 0 Å². The molecule has 0 bridgehead atoms. The number of benzene rings is 1. The highest BCUT2D eigenvalue weighted by atomic mass is 16.2. The zero-order valence-electron chi connectivity index (χ0n) is 13.1. The Morgan fingerprint density at radius 2 is 1.74 bits per heavy atom. The van der Waals surface area contributed by atoms with Gasteiger partial charge in [-0.2, -0.15) is 5.26 Å². The van der Waals surface area contributed by atoms with Crippen molar-refractivity contribution in [3.63, 3.8) is 0 Å². The second kappa shape index (κ2) is 6.82. The number of nitriles is 1. The normalized spacial score (nSPS) is 18.3. The van der Waals surface area contributed by atoms with Gasteiger partial charge in [-0.3, -0.25) is 9.59 Å². The molecule has 5 heteroatoms. The van der Waals surface area contributed by atoms with Crippen LogP contribution in [0.4, 0.5) is 5.69 Å². The van der Waals surface area contributed by atoms with Crippen LogP contribution in [0.3, 0.4) is 0 Å². The van der Waals surface area contributed by atoms with Crippen molar-refractivity contribution in [1.82, 2.24) is 4.90 Å². The molecule has 2 fully saturated rings. The standard InChI is InChI=1S/C18H21N3O2/c19-10-7-13-1-5-16(6-2-13)20-17(22)14-8-11-21(12-9-14)18(23)15-3-4-15/h1-2,5-6,14-15H,3-4,7-9,11-12H2,(H,20,22). The van der Waals surface area contributed by atoms with Gasteiger partial charge in [-0.1, -0.05) is 12.1 Å². The summed E-state index contributed by atoms with van der Waals surface area (Å²) in [7, 11) is 0. The summed E-state index contributed by atoms with van der Waals surface area (Å²) in [4.78, 5) is 26.3. The number of piperidine rings is 1. The van der Waals surface area contributed by atoms with Crippen molar-refractivity contribution in [3.8, 4) is 6.07 Å². The average Bonchev–Trinajstić information content (AvgIpc) is 3.41. The van der Waals surface area contributed by atoms with Gasteiger partial charge in [0.25, 0.3) is 0 Å². The van der Waals surface area contributed by atoms with Crippen molar-refractivity contribution in [3.05, 3.63) is 29.8 Å². The number of carbonyl (C=O) groups excluding carboxylic acids is 2. The van der Waals surface area contributed by atoms with Crippen LogP contribution in [0.1, 0.15) is 31.2 Å². The van der Waals surface area contributed by atoms with E-state index in [0.29, 0.717) is 19.5 Å². The molecule has 1 aliphatic heterocycles. The van der Waals surface area contributed by atoms with Crippen molar-refractivity contribution in [2.75, 3.05) is 18.4 Å². The Morgan fingerprint density at radius 3 is 2.30 bits per heavy atom. The quantitative estimate of drug-likeness (QED) is 0.927. The molecule has 0 spiro atoms. The van der Waals surface area contributed by atoms with E-state index in [-0.39, 0.29) is 23.7 Å². The van der Waals surface area contributed by atoms with E-state index in [1.807, 2.05) is 29.2 Å². The van der Waals surface area contributed by atoms with Crippen LogP contribution in [0.25, 0.3) is 0 Å². The zero-order chi connectivity index (χ0) is 16.2. The minimum absolute atomic E-state index is 0.0246. The van der Waals surface area contributed by atoms with E-state index in [0.717, 1.165) is 36.9 Å². The molecule has 5 nitrogen and oxygen atoms in total. The highest BCUT2D eigenvalue weighted by Gasteiger charge is 2.35. The van der Waals surface area contributed by atoms with Crippen LogP contribution in [0.5, 0.6) is 0 Å². The van der Waals surface area contributed by atoms with Crippen molar-refractivity contribution >= 4 is 17.5 Å². The molecule has 1 aliphatic carbocycles. The fraction of sp³-hybridized carbons (Fsp3) is 0.500. The monoisotopic (exact) mass is 311 g/mol. The highest BCUT2D eigenvalue weighted by Crippen LogP contribution is 2.32. The molecule has 2 aliphatic rings. The number of amides is 2. The molecule has 23 heavy (non-hydrogen) atoms. The first-order valence-electron chi connectivity index (χ1n) is 8.23. The van der Waals surface area contributed by atoms with Crippen molar-refractivity contribution in [2.45, 2.75) is 32.1 Å². The smallest absolute Gasteiger partial charge is 0.227 e. The third-order valence-corrected chi connectivity index (χ3v) is 4.61. The molecular formula is C18H21N3O2. The van der Waals surface area contributed by atoms with Gasteiger partial charge in [-0.05, 0) is 43.4 Å². The topological polar surface area (TPSA) is 73.2 Å². The van der Waals surface area contributed by atoms with Crippen LogP contribution in [-0.4, -0.2) is 29.8 Å². The molecule has 3 rings (SSSR count). The van der Waals surface area contributed by atoms with E-state index in [1.165, 1.54) is 0 Å². The summed E-state index contributed by atoms with van der Waals surface area (Å²) in [5.74, 6) is 0.526. The van der Waals surface area contributed by atoms with Gasteiger partial charge >= 0.3 is 0 Å². The predicted octanol–water partition coefficient (Wildman–Crippen LogP) is 2.34. The largest absolute Gasteiger partial charge is 0.342 e. The summed E-state index contributed by atoms with van der Waals surface area (Å²) in [6, 6.07) is 9.48. The summed E-state index contributed by atoms with van der Waals surface area (Å²) >= 11 is 0. The van der Waals surface area contributed by atoms with Crippen molar-refractivity contribution < 1.29 is 9.59 Å². The minimum atomic E-state index is -0.0305. The third kappa shape index (κ3) is 3.89. The summed E-state index contributed by atoms with van der Waals surface area (Å²) in [5, 5.41) is 11.6. The Balaban J connectivity index is 1.49. The minimum Gasteiger partial charge on any atom is -0.342 e. The molecular weight excluding hydrogens is 290 g/mol. The average molecular weight is 311 g/mol. The van der Waals surface area contributed by atoms with E-state index in [9.17, 15) is 9.59 Å². The Kier molecular flexibility index (Phi) is 4.61. The lowest BCUT2D eigenvalue weighted by atomic mass is 9.95. The molecule has 0 aromatic heterocycles. The fourth-order valence-electron chi connectivity index (χ4n) is 2.99. The maximum atomic E-state index is 12.3. The maximum Gasteiger partial charge on any atom is 0.227 e. The number of rotatable bonds is 4.